The normalized spacial score (nSPS) is 14.1. The summed E-state index contributed by atoms with van der Waals surface area (Å²) in [6.07, 6.45) is 2.88. The van der Waals surface area contributed by atoms with Crippen LogP contribution in [0, 0.1) is 5.82 Å². The number of hydrogen-bond acceptors (Lipinski definition) is 2. The summed E-state index contributed by atoms with van der Waals surface area (Å²) in [6, 6.07) is 9.02. The van der Waals surface area contributed by atoms with Crippen molar-refractivity contribution in [2.24, 2.45) is 0 Å². The molecule has 2 amide bonds. The van der Waals surface area contributed by atoms with Gasteiger partial charge in [-0.25, -0.2) is 4.39 Å². The number of benzene rings is 2. The second kappa shape index (κ2) is 8.72. The molecule has 0 aliphatic carbocycles. The molecule has 0 saturated carbocycles. The maximum absolute atomic E-state index is 13.9. The van der Waals surface area contributed by atoms with Crippen molar-refractivity contribution in [2.45, 2.75) is 25.7 Å². The fourth-order valence-corrected chi connectivity index (χ4v) is 3.48. The Morgan fingerprint density at radius 2 is 1.78 bits per heavy atom. The van der Waals surface area contributed by atoms with E-state index < -0.39 is 11.7 Å². The van der Waals surface area contributed by atoms with Crippen molar-refractivity contribution >= 4 is 40.7 Å². The fourth-order valence-electron chi connectivity index (χ4n) is 3.09. The highest BCUT2D eigenvalue weighted by Gasteiger charge is 2.20. The lowest BCUT2D eigenvalue weighted by atomic mass is 10.1. The molecule has 1 aliphatic rings. The smallest absolute Gasteiger partial charge is 0.253 e. The zero-order valence-electron chi connectivity index (χ0n) is 14.6. The Bertz CT molecular complexity index is 847. The molecule has 0 atom stereocenters. The van der Waals surface area contributed by atoms with E-state index in [1.807, 2.05) is 0 Å². The van der Waals surface area contributed by atoms with E-state index in [0.29, 0.717) is 16.3 Å². The Labute approximate surface area is 167 Å². The number of nitrogens with zero attached hydrogens (tertiary/aromatic N) is 1. The molecule has 3 rings (SSSR count). The minimum Gasteiger partial charge on any atom is -0.339 e. The third-order valence-electron chi connectivity index (χ3n) is 4.53. The minimum absolute atomic E-state index is 0.0842. The van der Waals surface area contributed by atoms with Gasteiger partial charge in [-0.3, -0.25) is 9.59 Å². The fraction of sp³-hybridized carbons (Fsp3) is 0.300. The standard InChI is InChI=1S/C20H19Cl2FN2O2/c21-15-5-4-6-17(23)14(15)12-19(26)24-18-11-13(7-8-16(18)22)20(27)25-9-2-1-3-10-25/h4-8,11H,1-3,9-10,12H2,(H,24,26). The van der Waals surface area contributed by atoms with E-state index in [1.165, 1.54) is 18.2 Å². The van der Waals surface area contributed by atoms with Gasteiger partial charge in [-0.15, -0.1) is 0 Å². The van der Waals surface area contributed by atoms with Crippen molar-refractivity contribution in [1.29, 1.82) is 0 Å². The van der Waals surface area contributed by atoms with Crippen LogP contribution in [0.4, 0.5) is 10.1 Å². The highest BCUT2D eigenvalue weighted by atomic mass is 35.5. The Balaban J connectivity index is 1.74. The van der Waals surface area contributed by atoms with Crippen LogP contribution in [0.25, 0.3) is 0 Å². The van der Waals surface area contributed by atoms with Crippen molar-refractivity contribution < 1.29 is 14.0 Å². The molecule has 2 aromatic carbocycles. The van der Waals surface area contributed by atoms with E-state index in [4.69, 9.17) is 23.2 Å². The van der Waals surface area contributed by atoms with E-state index in [-0.39, 0.29) is 22.9 Å². The second-order valence-electron chi connectivity index (χ2n) is 6.47. The summed E-state index contributed by atoms with van der Waals surface area (Å²) < 4.78 is 13.9. The van der Waals surface area contributed by atoms with Crippen molar-refractivity contribution in [1.82, 2.24) is 4.90 Å². The van der Waals surface area contributed by atoms with Gasteiger partial charge in [0.1, 0.15) is 5.82 Å². The SMILES string of the molecule is O=C(Cc1c(F)cccc1Cl)Nc1cc(C(=O)N2CCCCC2)ccc1Cl. The maximum atomic E-state index is 13.9. The summed E-state index contributed by atoms with van der Waals surface area (Å²) in [4.78, 5) is 26.8. The predicted octanol–water partition coefficient (Wildman–Crippen LogP) is 4.94. The molecule has 1 heterocycles. The molecule has 0 spiro atoms. The Kier molecular flexibility index (Phi) is 6.34. The van der Waals surface area contributed by atoms with Gasteiger partial charge in [0.15, 0.2) is 0 Å². The van der Waals surface area contributed by atoms with Gasteiger partial charge in [0.25, 0.3) is 5.91 Å². The number of hydrogen-bond donors (Lipinski definition) is 1. The molecule has 1 aliphatic heterocycles. The van der Waals surface area contributed by atoms with Gasteiger partial charge < -0.3 is 10.2 Å². The molecule has 27 heavy (non-hydrogen) atoms. The van der Waals surface area contributed by atoms with Crippen molar-refractivity contribution in [3.63, 3.8) is 0 Å². The molecule has 0 radical (unpaired) electrons. The monoisotopic (exact) mass is 408 g/mol. The first-order chi connectivity index (χ1) is 13.0. The van der Waals surface area contributed by atoms with Gasteiger partial charge in [-0.1, -0.05) is 29.3 Å². The predicted molar refractivity (Wildman–Crippen MR) is 105 cm³/mol. The lowest BCUT2D eigenvalue weighted by Gasteiger charge is -2.27. The average Bonchev–Trinajstić information content (AvgIpc) is 2.67. The van der Waals surface area contributed by atoms with Gasteiger partial charge in [0.05, 0.1) is 17.1 Å². The highest BCUT2D eigenvalue weighted by molar-refractivity contribution is 6.34. The molecule has 0 aromatic heterocycles. The lowest BCUT2D eigenvalue weighted by Crippen LogP contribution is -2.35. The summed E-state index contributed by atoms with van der Waals surface area (Å²) in [5, 5.41) is 3.13. The lowest BCUT2D eigenvalue weighted by molar-refractivity contribution is -0.115. The molecule has 0 bridgehead atoms. The Hall–Kier alpha value is -2.11. The summed E-state index contributed by atoms with van der Waals surface area (Å²) in [7, 11) is 0. The van der Waals surface area contributed by atoms with Crippen LogP contribution in [0.15, 0.2) is 36.4 Å². The Morgan fingerprint density at radius 1 is 1.04 bits per heavy atom. The quantitative estimate of drug-likeness (QED) is 0.778. The number of carbonyl (C=O) groups excluding carboxylic acids is 2. The molecule has 1 N–H and O–H groups in total. The minimum atomic E-state index is -0.544. The summed E-state index contributed by atoms with van der Waals surface area (Å²) in [5.41, 5.74) is 0.894. The van der Waals surface area contributed by atoms with Gasteiger partial charge in [-0.2, -0.15) is 0 Å². The molecular weight excluding hydrogens is 390 g/mol. The number of carbonyl (C=O) groups is 2. The largest absolute Gasteiger partial charge is 0.339 e. The molecule has 0 unspecified atom stereocenters. The summed E-state index contributed by atoms with van der Waals surface area (Å²) >= 11 is 12.1. The zero-order valence-corrected chi connectivity index (χ0v) is 16.1. The number of amides is 2. The number of nitrogens with one attached hydrogen (secondary N) is 1. The number of anilines is 1. The van der Waals surface area contributed by atoms with E-state index in [9.17, 15) is 14.0 Å². The van der Waals surface area contributed by atoms with Gasteiger partial charge in [0.2, 0.25) is 5.91 Å². The molecule has 142 valence electrons. The molecule has 4 nitrogen and oxygen atoms in total. The number of halogens is 3. The van der Waals surface area contributed by atoms with Gasteiger partial charge >= 0.3 is 0 Å². The van der Waals surface area contributed by atoms with Crippen LogP contribution in [0.5, 0.6) is 0 Å². The second-order valence-corrected chi connectivity index (χ2v) is 7.29. The maximum Gasteiger partial charge on any atom is 0.253 e. The molecule has 1 fully saturated rings. The van der Waals surface area contributed by atoms with Crippen molar-refractivity contribution in [3.05, 3.63) is 63.4 Å². The third-order valence-corrected chi connectivity index (χ3v) is 5.21. The molecule has 2 aromatic rings. The van der Waals surface area contributed by atoms with Gasteiger partial charge in [0, 0.05) is 29.2 Å². The van der Waals surface area contributed by atoms with Crippen LogP contribution < -0.4 is 5.32 Å². The highest BCUT2D eigenvalue weighted by Crippen LogP contribution is 2.26. The first-order valence-corrected chi connectivity index (χ1v) is 9.53. The Morgan fingerprint density at radius 3 is 2.48 bits per heavy atom. The van der Waals surface area contributed by atoms with Crippen LogP contribution in [0.3, 0.4) is 0 Å². The van der Waals surface area contributed by atoms with E-state index in [1.54, 1.807) is 23.1 Å². The van der Waals surface area contributed by atoms with E-state index in [2.05, 4.69) is 5.32 Å². The third kappa shape index (κ3) is 4.79. The van der Waals surface area contributed by atoms with Crippen LogP contribution >= 0.6 is 23.2 Å². The van der Waals surface area contributed by atoms with Crippen LogP contribution in [0.1, 0.15) is 35.2 Å². The summed E-state index contributed by atoms with van der Waals surface area (Å²) in [6.45, 7) is 1.46. The van der Waals surface area contributed by atoms with E-state index >= 15 is 0 Å². The van der Waals surface area contributed by atoms with Crippen molar-refractivity contribution in [3.8, 4) is 0 Å². The van der Waals surface area contributed by atoms with Crippen LogP contribution in [-0.2, 0) is 11.2 Å². The average molecular weight is 409 g/mol. The zero-order chi connectivity index (χ0) is 19.4. The van der Waals surface area contributed by atoms with Crippen LogP contribution in [0.2, 0.25) is 10.0 Å². The van der Waals surface area contributed by atoms with Crippen LogP contribution in [-0.4, -0.2) is 29.8 Å². The number of piperidine rings is 1. The number of likely N-dealkylation sites (tertiary alicyclic amines) is 1. The van der Waals surface area contributed by atoms with Crippen molar-refractivity contribution in [2.75, 3.05) is 18.4 Å². The molecule has 1 saturated heterocycles. The summed E-state index contributed by atoms with van der Waals surface area (Å²) in [5.74, 6) is -1.09. The van der Waals surface area contributed by atoms with Gasteiger partial charge in [-0.05, 0) is 49.6 Å². The topological polar surface area (TPSA) is 49.4 Å². The molecular formula is C20H19Cl2FN2O2. The molecule has 7 heteroatoms. The van der Waals surface area contributed by atoms with E-state index in [0.717, 1.165) is 32.4 Å². The first-order valence-electron chi connectivity index (χ1n) is 8.77. The first kappa shape index (κ1) is 19.6. The number of rotatable bonds is 4.